The molecule has 1 saturated heterocycles. The van der Waals surface area contributed by atoms with Gasteiger partial charge in [0.1, 0.15) is 0 Å². The number of carbonyl (C=O) groups excluding carboxylic acids is 1. The molecule has 2 rings (SSSR count). The Bertz CT molecular complexity index is 398. The first-order chi connectivity index (χ1) is 8.09. The van der Waals surface area contributed by atoms with Crippen LogP contribution in [0.4, 0.5) is 0 Å². The lowest BCUT2D eigenvalue weighted by Gasteiger charge is -2.31. The first kappa shape index (κ1) is 12.4. The van der Waals surface area contributed by atoms with Gasteiger partial charge in [-0.1, -0.05) is 0 Å². The molecular formula is C11H14ClNO4. The summed E-state index contributed by atoms with van der Waals surface area (Å²) in [6, 6.07) is 2.99. The van der Waals surface area contributed by atoms with Crippen LogP contribution in [0.15, 0.2) is 16.5 Å². The van der Waals surface area contributed by atoms with Crippen molar-refractivity contribution in [3.8, 4) is 0 Å². The van der Waals surface area contributed by atoms with E-state index in [2.05, 4.69) is 5.32 Å². The normalized spacial score (nSPS) is 18.9. The minimum absolute atomic E-state index is 0.144. The lowest BCUT2D eigenvalue weighted by molar-refractivity contribution is -0.0605. The Hall–Kier alpha value is -1.04. The Kier molecular flexibility index (Phi) is 3.71. The van der Waals surface area contributed by atoms with Gasteiger partial charge in [0.2, 0.25) is 0 Å². The van der Waals surface area contributed by atoms with Crippen molar-refractivity contribution >= 4 is 17.5 Å². The molecule has 0 aliphatic carbocycles. The lowest BCUT2D eigenvalue weighted by atomic mass is 9.94. The number of hydrogen-bond acceptors (Lipinski definition) is 4. The molecule has 1 aliphatic heterocycles. The molecule has 2 N–H and O–H groups in total. The van der Waals surface area contributed by atoms with Crippen molar-refractivity contribution in [2.75, 3.05) is 19.8 Å². The number of amides is 1. The summed E-state index contributed by atoms with van der Waals surface area (Å²) in [6.07, 6.45) is 1.04. The van der Waals surface area contributed by atoms with Crippen molar-refractivity contribution < 1.29 is 19.1 Å². The average Bonchev–Trinajstić information content (AvgIpc) is 2.74. The van der Waals surface area contributed by atoms with Gasteiger partial charge in [-0.25, -0.2) is 0 Å². The molecule has 0 spiro atoms. The van der Waals surface area contributed by atoms with Crippen molar-refractivity contribution in [2.45, 2.75) is 18.4 Å². The predicted molar refractivity (Wildman–Crippen MR) is 61.1 cm³/mol. The molecule has 94 valence electrons. The Balaban J connectivity index is 1.87. The molecule has 1 amide bonds. The summed E-state index contributed by atoms with van der Waals surface area (Å²) in [5, 5.41) is 12.9. The number of carbonyl (C=O) groups is 1. The summed E-state index contributed by atoms with van der Waals surface area (Å²) >= 11 is 5.57. The first-order valence-electron chi connectivity index (χ1n) is 5.43. The first-order valence-corrected chi connectivity index (χ1v) is 5.81. The molecule has 1 aromatic heterocycles. The fourth-order valence-electron chi connectivity index (χ4n) is 1.70. The fourth-order valence-corrected chi connectivity index (χ4v) is 1.84. The molecule has 0 unspecified atom stereocenters. The van der Waals surface area contributed by atoms with Gasteiger partial charge in [-0.2, -0.15) is 0 Å². The second-order valence-electron chi connectivity index (χ2n) is 4.12. The van der Waals surface area contributed by atoms with Crippen LogP contribution in [0.5, 0.6) is 0 Å². The minimum atomic E-state index is -0.885. The van der Waals surface area contributed by atoms with E-state index < -0.39 is 5.60 Å². The summed E-state index contributed by atoms with van der Waals surface area (Å²) in [5.74, 6) is -0.234. The minimum Gasteiger partial charge on any atom is -0.440 e. The van der Waals surface area contributed by atoms with Crippen LogP contribution >= 0.6 is 11.6 Å². The van der Waals surface area contributed by atoms with Gasteiger partial charge in [0.15, 0.2) is 11.0 Å². The van der Waals surface area contributed by atoms with Crippen molar-refractivity contribution in [2.24, 2.45) is 0 Å². The van der Waals surface area contributed by atoms with Crippen LogP contribution in [0.25, 0.3) is 0 Å². The van der Waals surface area contributed by atoms with Crippen molar-refractivity contribution in [1.82, 2.24) is 5.32 Å². The smallest absolute Gasteiger partial charge is 0.287 e. The largest absolute Gasteiger partial charge is 0.440 e. The molecule has 17 heavy (non-hydrogen) atoms. The van der Waals surface area contributed by atoms with Gasteiger partial charge >= 0.3 is 0 Å². The molecule has 0 saturated carbocycles. The van der Waals surface area contributed by atoms with E-state index >= 15 is 0 Å². The van der Waals surface area contributed by atoms with Crippen LogP contribution < -0.4 is 5.32 Å². The lowest BCUT2D eigenvalue weighted by Crippen LogP contribution is -2.46. The highest BCUT2D eigenvalue weighted by molar-refractivity contribution is 6.29. The van der Waals surface area contributed by atoms with Gasteiger partial charge < -0.3 is 19.6 Å². The topological polar surface area (TPSA) is 71.7 Å². The maximum absolute atomic E-state index is 11.6. The van der Waals surface area contributed by atoms with Crippen LogP contribution in [0.3, 0.4) is 0 Å². The van der Waals surface area contributed by atoms with E-state index in [9.17, 15) is 9.90 Å². The molecule has 0 aromatic carbocycles. The van der Waals surface area contributed by atoms with Gasteiger partial charge in [0, 0.05) is 32.6 Å². The van der Waals surface area contributed by atoms with Gasteiger partial charge in [0.25, 0.3) is 5.91 Å². The Labute approximate surface area is 104 Å². The van der Waals surface area contributed by atoms with Gasteiger partial charge in [-0.15, -0.1) is 0 Å². The molecule has 1 aliphatic rings. The highest BCUT2D eigenvalue weighted by Crippen LogP contribution is 2.19. The maximum Gasteiger partial charge on any atom is 0.287 e. The van der Waals surface area contributed by atoms with Crippen LogP contribution in [0.1, 0.15) is 23.4 Å². The van der Waals surface area contributed by atoms with E-state index in [1.54, 1.807) is 0 Å². The highest BCUT2D eigenvalue weighted by atomic mass is 35.5. The third-order valence-electron chi connectivity index (χ3n) is 2.80. The molecular weight excluding hydrogens is 246 g/mol. The molecule has 2 heterocycles. The summed E-state index contributed by atoms with van der Waals surface area (Å²) < 4.78 is 10.1. The molecule has 0 atom stereocenters. The standard InChI is InChI=1S/C11H14ClNO4/c12-9-2-1-8(17-9)10(14)13-7-11(15)3-5-16-6-4-11/h1-2,15H,3-7H2,(H,13,14). The Morgan fingerprint density at radius 2 is 2.18 bits per heavy atom. The molecule has 0 radical (unpaired) electrons. The fraction of sp³-hybridized carbons (Fsp3) is 0.545. The number of nitrogens with one attached hydrogen (secondary N) is 1. The van der Waals surface area contributed by atoms with Crippen molar-refractivity contribution in [3.05, 3.63) is 23.1 Å². The number of furan rings is 1. The van der Waals surface area contributed by atoms with Gasteiger partial charge in [-0.05, 0) is 23.7 Å². The van der Waals surface area contributed by atoms with Crippen LogP contribution in [0.2, 0.25) is 5.22 Å². The van der Waals surface area contributed by atoms with E-state index in [-0.39, 0.29) is 23.4 Å². The zero-order valence-electron chi connectivity index (χ0n) is 9.24. The van der Waals surface area contributed by atoms with E-state index in [0.717, 1.165) is 0 Å². The molecule has 0 bridgehead atoms. The second-order valence-corrected chi connectivity index (χ2v) is 4.50. The highest BCUT2D eigenvalue weighted by Gasteiger charge is 2.30. The molecule has 5 nitrogen and oxygen atoms in total. The zero-order valence-corrected chi connectivity index (χ0v) is 10.00. The molecule has 1 fully saturated rings. The van der Waals surface area contributed by atoms with E-state index in [0.29, 0.717) is 26.1 Å². The molecule has 1 aromatic rings. The maximum atomic E-state index is 11.6. The summed E-state index contributed by atoms with van der Waals surface area (Å²) in [5.41, 5.74) is -0.885. The number of ether oxygens (including phenoxy) is 1. The Morgan fingerprint density at radius 3 is 2.76 bits per heavy atom. The third-order valence-corrected chi connectivity index (χ3v) is 3.00. The number of aliphatic hydroxyl groups is 1. The Morgan fingerprint density at radius 1 is 1.47 bits per heavy atom. The predicted octanol–water partition coefficient (Wildman–Crippen LogP) is 1.20. The number of halogens is 1. The van der Waals surface area contributed by atoms with Gasteiger partial charge in [0.05, 0.1) is 5.60 Å². The average molecular weight is 260 g/mol. The zero-order chi connectivity index (χ0) is 12.3. The number of hydrogen-bond donors (Lipinski definition) is 2. The van der Waals surface area contributed by atoms with Crippen molar-refractivity contribution in [3.63, 3.8) is 0 Å². The summed E-state index contributed by atoms with van der Waals surface area (Å²) in [6.45, 7) is 1.21. The summed E-state index contributed by atoms with van der Waals surface area (Å²) in [4.78, 5) is 11.6. The molecule has 6 heteroatoms. The van der Waals surface area contributed by atoms with Crippen LogP contribution in [-0.4, -0.2) is 36.4 Å². The van der Waals surface area contributed by atoms with E-state index in [1.807, 2.05) is 0 Å². The number of rotatable bonds is 3. The summed E-state index contributed by atoms with van der Waals surface area (Å²) in [7, 11) is 0. The third kappa shape index (κ3) is 3.21. The SMILES string of the molecule is O=C(NCC1(O)CCOCC1)c1ccc(Cl)o1. The van der Waals surface area contributed by atoms with E-state index in [4.69, 9.17) is 20.8 Å². The van der Waals surface area contributed by atoms with Crippen LogP contribution in [0, 0.1) is 0 Å². The monoisotopic (exact) mass is 259 g/mol. The van der Waals surface area contributed by atoms with Gasteiger partial charge in [-0.3, -0.25) is 4.79 Å². The van der Waals surface area contributed by atoms with E-state index in [1.165, 1.54) is 12.1 Å². The van der Waals surface area contributed by atoms with Crippen molar-refractivity contribution in [1.29, 1.82) is 0 Å². The second kappa shape index (κ2) is 5.08. The quantitative estimate of drug-likeness (QED) is 0.856. The van der Waals surface area contributed by atoms with Crippen LogP contribution in [-0.2, 0) is 4.74 Å².